The number of alkyl halides is 3. The van der Waals surface area contributed by atoms with Gasteiger partial charge in [-0.25, -0.2) is 8.91 Å². The third kappa shape index (κ3) is 4.88. The molecule has 11 heteroatoms. The molecule has 0 radical (unpaired) electrons. The van der Waals surface area contributed by atoms with E-state index in [2.05, 4.69) is 26.0 Å². The zero-order valence-corrected chi connectivity index (χ0v) is 17.4. The molecule has 1 N–H and O–H groups in total. The minimum absolute atomic E-state index is 0. The van der Waals surface area contributed by atoms with Crippen molar-refractivity contribution in [3.8, 4) is 22.5 Å². The number of hydrogen-bond acceptors (Lipinski definition) is 4. The summed E-state index contributed by atoms with van der Waals surface area (Å²) < 4.78 is 54.7. The predicted octanol–water partition coefficient (Wildman–Crippen LogP) is 2.27. The fourth-order valence-electron chi connectivity index (χ4n) is 2.89. The van der Waals surface area contributed by atoms with Crippen molar-refractivity contribution in [3.63, 3.8) is 0 Å². The molecule has 2 aromatic heterocycles. The van der Waals surface area contributed by atoms with Crippen LogP contribution >= 0.6 is 15.9 Å². The van der Waals surface area contributed by atoms with Gasteiger partial charge in [-0.3, -0.25) is 4.98 Å². The molecule has 154 valence electrons. The molecule has 31 heavy (non-hydrogen) atoms. The van der Waals surface area contributed by atoms with Crippen LogP contribution in [0.5, 0.6) is 0 Å². The van der Waals surface area contributed by atoms with Crippen molar-refractivity contribution in [2.24, 2.45) is 0 Å². The summed E-state index contributed by atoms with van der Waals surface area (Å²) in [5, 5.41) is 4.34. The third-order valence-electron chi connectivity index (χ3n) is 4.25. The third-order valence-corrected chi connectivity index (χ3v) is 4.74. The van der Waals surface area contributed by atoms with Gasteiger partial charge in [0, 0.05) is 22.4 Å². The first-order valence-corrected chi connectivity index (χ1v) is 8.97. The van der Waals surface area contributed by atoms with Gasteiger partial charge in [0.15, 0.2) is 5.65 Å². The maximum absolute atomic E-state index is 14.3. The van der Waals surface area contributed by atoms with Crippen LogP contribution in [-0.2, 0) is 11.0 Å². The molecule has 0 aliphatic carbocycles. The summed E-state index contributed by atoms with van der Waals surface area (Å²) in [5.41, 5.74) is 0.575. The molecule has 2 aromatic carbocycles. The molecule has 0 unspecified atom stereocenters. The maximum atomic E-state index is 14.3. The van der Waals surface area contributed by atoms with E-state index in [0.717, 1.165) is 12.1 Å². The molecule has 0 fully saturated rings. The smallest absolute Gasteiger partial charge is 0.870 e. The van der Waals surface area contributed by atoms with Gasteiger partial charge in [0.25, 0.3) is 0 Å². The number of fused-ring (bicyclic) bond motifs is 1. The van der Waals surface area contributed by atoms with Gasteiger partial charge >= 0.3 is 25.0 Å². The summed E-state index contributed by atoms with van der Waals surface area (Å²) in [6, 6.07) is 11.7. The minimum Gasteiger partial charge on any atom is -0.870 e. The Balaban J connectivity index is 0.00000171. The first kappa shape index (κ1) is 24.8. The first-order valence-electron chi connectivity index (χ1n) is 8.18. The average Bonchev–Trinajstić information content (AvgIpc) is 3.10. The van der Waals surface area contributed by atoms with Crippen molar-refractivity contribution in [2.75, 3.05) is 0 Å². The number of benzene rings is 2. The molecular weight excluding hydrogens is 477 g/mol. The second-order valence-electron chi connectivity index (χ2n) is 6.13. The van der Waals surface area contributed by atoms with Crippen LogP contribution in [0.1, 0.15) is 11.3 Å². The fourth-order valence-corrected chi connectivity index (χ4v) is 3.22. The zero-order chi connectivity index (χ0) is 20.8. The van der Waals surface area contributed by atoms with Crippen LogP contribution < -0.4 is 18.9 Å². The van der Waals surface area contributed by atoms with E-state index in [9.17, 15) is 22.4 Å². The molecule has 0 atom stereocenters. The fraction of sp³-hybridized carbons (Fsp3) is 0.0500. The molecular formula is C20H10BrF4LiN3O2-. The topological polar surface area (TPSA) is 77.3 Å². The van der Waals surface area contributed by atoms with Crippen LogP contribution in [0.15, 0.2) is 59.1 Å². The van der Waals surface area contributed by atoms with Gasteiger partial charge < -0.3 is 10.3 Å². The van der Waals surface area contributed by atoms with E-state index in [1.807, 2.05) is 0 Å². The van der Waals surface area contributed by atoms with E-state index in [-0.39, 0.29) is 46.9 Å². The zero-order valence-electron chi connectivity index (χ0n) is 15.8. The van der Waals surface area contributed by atoms with Gasteiger partial charge in [-0.15, -0.1) is 0 Å². The van der Waals surface area contributed by atoms with Crippen LogP contribution in [0.4, 0.5) is 17.6 Å². The number of carbonyl (C=O) groups excluding carboxylic acids is 1. The summed E-state index contributed by atoms with van der Waals surface area (Å²) in [6.45, 7) is 0. The van der Waals surface area contributed by atoms with Gasteiger partial charge in [0.1, 0.15) is 5.82 Å². The Kier molecular flexibility index (Phi) is 7.44. The Hall–Kier alpha value is -2.51. The standard InChI is InChI=1S/C20H9BrF4N3O.Li.H2O/c21-13-5-6-15(16(22)7-13)17-9-19-26-14(10-29)8-18(28(19)27-17)11-1-3-12(4-2-11)20(23,24)25;;/h1-9H;;1H2/q-1;+1;/p-1. The molecule has 2 heterocycles. The van der Waals surface area contributed by atoms with Crippen molar-refractivity contribution in [1.29, 1.82) is 0 Å². The molecule has 0 spiro atoms. The van der Waals surface area contributed by atoms with Crippen LogP contribution in [0.2, 0.25) is 0 Å². The normalized spacial score (nSPS) is 11.0. The number of hydrogen-bond donors (Lipinski definition) is 0. The molecule has 0 aliphatic rings. The number of rotatable bonds is 3. The van der Waals surface area contributed by atoms with Crippen molar-refractivity contribution in [2.45, 2.75) is 6.18 Å². The molecule has 5 nitrogen and oxygen atoms in total. The van der Waals surface area contributed by atoms with E-state index < -0.39 is 17.6 Å². The van der Waals surface area contributed by atoms with E-state index in [0.29, 0.717) is 15.7 Å². The van der Waals surface area contributed by atoms with E-state index in [1.165, 1.54) is 40.9 Å². The van der Waals surface area contributed by atoms with Crippen LogP contribution in [-0.4, -0.2) is 26.4 Å². The summed E-state index contributed by atoms with van der Waals surface area (Å²) in [6.07, 6.45) is -2.80. The molecule has 4 rings (SSSR count). The molecule has 0 saturated carbocycles. The summed E-state index contributed by atoms with van der Waals surface area (Å²) in [4.78, 5) is 15.3. The van der Waals surface area contributed by atoms with E-state index >= 15 is 0 Å². The van der Waals surface area contributed by atoms with Crippen molar-refractivity contribution < 1.29 is 46.7 Å². The van der Waals surface area contributed by atoms with Gasteiger partial charge in [-0.05, 0) is 41.6 Å². The summed E-state index contributed by atoms with van der Waals surface area (Å²) in [5.74, 6) is -0.513. The molecule has 0 aliphatic heterocycles. The minimum atomic E-state index is -4.47. The Morgan fingerprint density at radius 1 is 1.00 bits per heavy atom. The van der Waals surface area contributed by atoms with Crippen molar-refractivity contribution >= 4 is 27.9 Å². The molecule has 0 saturated heterocycles. The number of halogens is 5. The summed E-state index contributed by atoms with van der Waals surface area (Å²) >= 11 is 3.18. The van der Waals surface area contributed by atoms with Crippen LogP contribution in [0.3, 0.4) is 0 Å². The summed E-state index contributed by atoms with van der Waals surface area (Å²) in [7, 11) is 0. The Labute approximate surface area is 193 Å². The van der Waals surface area contributed by atoms with Crippen molar-refractivity contribution in [3.05, 3.63) is 76.1 Å². The number of aromatic nitrogens is 3. The Bertz CT molecular complexity index is 1240. The second-order valence-corrected chi connectivity index (χ2v) is 7.04. The Morgan fingerprint density at radius 3 is 2.26 bits per heavy atom. The van der Waals surface area contributed by atoms with Gasteiger partial charge in [-0.1, -0.05) is 33.8 Å². The SMILES string of the molecule is O=[C-]c1cc(-c2ccc(C(F)(F)F)cc2)n2nc(-c3ccc(Br)cc3F)cc2n1.[Li+].[OH-]. The Morgan fingerprint density at radius 2 is 1.68 bits per heavy atom. The molecule has 0 bridgehead atoms. The maximum Gasteiger partial charge on any atom is 1.00 e. The molecule has 0 amide bonds. The predicted molar refractivity (Wildman–Crippen MR) is 103 cm³/mol. The van der Waals surface area contributed by atoms with E-state index in [4.69, 9.17) is 0 Å². The van der Waals surface area contributed by atoms with Gasteiger partial charge in [-0.2, -0.15) is 24.3 Å². The monoisotopic (exact) mass is 486 g/mol. The largest absolute Gasteiger partial charge is 1.00 e. The van der Waals surface area contributed by atoms with Gasteiger partial charge in [0.2, 0.25) is 0 Å². The van der Waals surface area contributed by atoms with E-state index in [1.54, 1.807) is 12.4 Å². The van der Waals surface area contributed by atoms with Crippen molar-refractivity contribution in [1.82, 2.24) is 14.6 Å². The second kappa shape index (κ2) is 9.32. The first-order chi connectivity index (χ1) is 13.8. The quantitative estimate of drug-likeness (QED) is 0.253. The average molecular weight is 487 g/mol. The number of nitrogens with zero attached hydrogens (tertiary/aromatic N) is 3. The molecule has 4 aromatic rings. The van der Waals surface area contributed by atoms with Crippen LogP contribution in [0.25, 0.3) is 28.2 Å². The van der Waals surface area contributed by atoms with Gasteiger partial charge in [0.05, 0.1) is 11.3 Å². The van der Waals surface area contributed by atoms with Crippen LogP contribution in [0, 0.1) is 5.82 Å².